The number of carboxylic acid groups (broad SMARTS) is 1. The van der Waals surface area contributed by atoms with E-state index < -0.39 is 59.9 Å². The minimum atomic E-state index is -1.30. The second kappa shape index (κ2) is 8.89. The van der Waals surface area contributed by atoms with Gasteiger partial charge in [-0.05, 0) is 0 Å². The number of aliphatic carboxylic acids is 1. The SMILES string of the molecule is CO.COC(=O)[C@@H]1OC(=O)C[C@@H]1C(=O)O.O=C1CC2C(=O)OC(=O)[C@@H]2O1. The molecule has 3 saturated heterocycles. The smallest absolute Gasteiger partial charge is 0.356 e. The normalized spacial score (nSPS) is 28.4. The summed E-state index contributed by atoms with van der Waals surface area (Å²) in [6.07, 6.45) is -2.57. The molecule has 12 heteroatoms. The predicted molar refractivity (Wildman–Crippen MR) is 74.9 cm³/mol. The zero-order chi connectivity index (χ0) is 20.0. The number of methoxy groups -OCH3 is 1. The third-order valence-corrected chi connectivity index (χ3v) is 3.51. The lowest BCUT2D eigenvalue weighted by atomic mass is 10.0. The van der Waals surface area contributed by atoms with Crippen molar-refractivity contribution in [2.24, 2.45) is 11.8 Å². The molecular weight excluding hydrogens is 360 g/mol. The van der Waals surface area contributed by atoms with Gasteiger partial charge in [0, 0.05) is 7.11 Å². The molecular formula is C14H16O12. The van der Waals surface area contributed by atoms with Gasteiger partial charge in [0.25, 0.3) is 0 Å². The fraction of sp³-hybridized carbons (Fsp3) is 0.571. The maximum atomic E-state index is 10.9. The highest BCUT2D eigenvalue weighted by molar-refractivity contribution is 6.02. The van der Waals surface area contributed by atoms with E-state index in [1.54, 1.807) is 0 Å². The molecule has 12 nitrogen and oxygen atoms in total. The number of rotatable bonds is 2. The molecule has 0 bridgehead atoms. The zero-order valence-corrected chi connectivity index (χ0v) is 13.7. The zero-order valence-electron chi connectivity index (χ0n) is 13.7. The fourth-order valence-electron chi connectivity index (χ4n) is 2.31. The number of aliphatic hydroxyl groups excluding tert-OH is 1. The van der Waals surface area contributed by atoms with Gasteiger partial charge in [-0.15, -0.1) is 0 Å². The van der Waals surface area contributed by atoms with Crippen LogP contribution in [0.1, 0.15) is 12.8 Å². The predicted octanol–water partition coefficient (Wildman–Crippen LogP) is -2.21. The Morgan fingerprint density at radius 2 is 1.58 bits per heavy atom. The van der Waals surface area contributed by atoms with Crippen LogP contribution in [0.2, 0.25) is 0 Å². The molecule has 0 aliphatic carbocycles. The summed E-state index contributed by atoms with van der Waals surface area (Å²) in [6.45, 7) is 0. The third-order valence-electron chi connectivity index (χ3n) is 3.51. The number of aliphatic hydroxyl groups is 1. The Balaban J connectivity index is 0.000000239. The summed E-state index contributed by atoms with van der Waals surface area (Å²) in [5.74, 6) is -6.47. The van der Waals surface area contributed by atoms with E-state index in [9.17, 15) is 28.8 Å². The molecule has 0 aromatic rings. The van der Waals surface area contributed by atoms with Gasteiger partial charge in [0.2, 0.25) is 12.2 Å². The van der Waals surface area contributed by atoms with Gasteiger partial charge in [-0.25, -0.2) is 9.59 Å². The second-order valence-electron chi connectivity index (χ2n) is 5.04. The highest BCUT2D eigenvalue weighted by atomic mass is 16.6. The van der Waals surface area contributed by atoms with Gasteiger partial charge in [0.15, 0.2) is 0 Å². The summed E-state index contributed by atoms with van der Waals surface area (Å²) < 4.78 is 17.5. The lowest BCUT2D eigenvalue weighted by Crippen LogP contribution is -2.32. The Hall–Kier alpha value is -3.02. The van der Waals surface area contributed by atoms with Crippen LogP contribution < -0.4 is 0 Å². The maximum absolute atomic E-state index is 10.9. The van der Waals surface area contributed by atoms with Crippen LogP contribution in [-0.2, 0) is 47.7 Å². The summed E-state index contributed by atoms with van der Waals surface area (Å²) in [5.41, 5.74) is 0. The number of esters is 5. The van der Waals surface area contributed by atoms with Gasteiger partial charge in [0.1, 0.15) is 11.8 Å². The molecule has 3 aliphatic heterocycles. The summed E-state index contributed by atoms with van der Waals surface area (Å²) in [5, 5.41) is 15.6. The van der Waals surface area contributed by atoms with Crippen LogP contribution in [-0.4, -0.2) is 72.5 Å². The van der Waals surface area contributed by atoms with Crippen LogP contribution in [0.3, 0.4) is 0 Å². The molecule has 3 rings (SSSR count). The van der Waals surface area contributed by atoms with E-state index in [0.717, 1.165) is 14.2 Å². The molecule has 0 radical (unpaired) electrons. The van der Waals surface area contributed by atoms with Crippen LogP contribution in [0.5, 0.6) is 0 Å². The summed E-state index contributed by atoms with van der Waals surface area (Å²) in [7, 11) is 2.10. The fourth-order valence-corrected chi connectivity index (χ4v) is 2.31. The summed E-state index contributed by atoms with van der Waals surface area (Å²) in [6, 6.07) is 0. The van der Waals surface area contributed by atoms with Gasteiger partial charge in [0.05, 0.1) is 20.0 Å². The molecule has 2 N–H and O–H groups in total. The molecule has 0 saturated carbocycles. The first-order chi connectivity index (χ1) is 12.2. The van der Waals surface area contributed by atoms with Crippen molar-refractivity contribution >= 4 is 35.8 Å². The molecule has 0 aromatic heterocycles. The average molecular weight is 376 g/mol. The molecule has 0 aromatic carbocycles. The Morgan fingerprint density at radius 1 is 1.00 bits per heavy atom. The van der Waals surface area contributed by atoms with Crippen molar-refractivity contribution in [3.05, 3.63) is 0 Å². The van der Waals surface area contributed by atoms with Gasteiger partial charge in [-0.1, -0.05) is 0 Å². The van der Waals surface area contributed by atoms with Crippen LogP contribution >= 0.6 is 0 Å². The molecule has 1 unspecified atom stereocenters. The summed E-state index contributed by atoms with van der Waals surface area (Å²) >= 11 is 0. The molecule has 0 spiro atoms. The highest BCUT2D eigenvalue weighted by Crippen LogP contribution is 2.29. The molecule has 3 heterocycles. The quantitative estimate of drug-likeness (QED) is 0.302. The van der Waals surface area contributed by atoms with E-state index in [1.165, 1.54) is 0 Å². The Labute approximate surface area is 145 Å². The number of carbonyl (C=O) groups excluding carboxylic acids is 5. The average Bonchev–Trinajstić information content (AvgIpc) is 3.25. The third kappa shape index (κ3) is 4.53. The minimum Gasteiger partial charge on any atom is -0.481 e. The Bertz CT molecular complexity index is 599. The standard InChI is InChI=1S/C7H8O6.C6H4O5.CH4O/c1-12-7(11)5-3(6(9)10)2-4(8)13-5;7-3-1-2-4(10-3)6(9)11-5(2)8;1-2/h3,5H,2H2,1H3,(H,9,10);2,4H,1H2;2H,1H3/t3-,5+;2?,4-;/m01./s1. The molecule has 0 amide bonds. The number of ether oxygens (including phenoxy) is 4. The monoisotopic (exact) mass is 376 g/mol. The second-order valence-corrected chi connectivity index (χ2v) is 5.04. The first kappa shape index (κ1) is 21.0. The lowest BCUT2D eigenvalue weighted by molar-refractivity contribution is -0.163. The van der Waals surface area contributed by atoms with Crippen molar-refractivity contribution in [1.82, 2.24) is 0 Å². The number of carboxylic acids is 1. The highest BCUT2D eigenvalue weighted by Gasteiger charge is 2.52. The van der Waals surface area contributed by atoms with Gasteiger partial charge in [-0.3, -0.25) is 19.2 Å². The van der Waals surface area contributed by atoms with Crippen LogP contribution in [0, 0.1) is 11.8 Å². The van der Waals surface area contributed by atoms with Crippen LogP contribution in [0.25, 0.3) is 0 Å². The first-order valence-electron chi connectivity index (χ1n) is 7.14. The van der Waals surface area contributed by atoms with Gasteiger partial charge >= 0.3 is 35.8 Å². The number of carbonyl (C=O) groups is 6. The Kier molecular flexibility index (Phi) is 7.19. The van der Waals surface area contributed by atoms with Crippen molar-refractivity contribution in [2.45, 2.75) is 25.0 Å². The first-order valence-corrected chi connectivity index (χ1v) is 7.14. The maximum Gasteiger partial charge on any atom is 0.356 e. The van der Waals surface area contributed by atoms with Crippen LogP contribution in [0.15, 0.2) is 0 Å². The molecule has 3 fully saturated rings. The minimum absolute atomic E-state index is 0.0325. The van der Waals surface area contributed by atoms with Crippen molar-refractivity contribution in [3.63, 3.8) is 0 Å². The lowest BCUT2D eigenvalue weighted by Gasteiger charge is -2.10. The Morgan fingerprint density at radius 3 is 2.08 bits per heavy atom. The number of fused-ring (bicyclic) bond motifs is 1. The van der Waals surface area contributed by atoms with Gasteiger partial charge in [-0.2, -0.15) is 0 Å². The van der Waals surface area contributed by atoms with Crippen molar-refractivity contribution in [1.29, 1.82) is 0 Å². The largest absolute Gasteiger partial charge is 0.481 e. The van der Waals surface area contributed by atoms with Crippen molar-refractivity contribution in [2.75, 3.05) is 14.2 Å². The van der Waals surface area contributed by atoms with Crippen molar-refractivity contribution < 1.29 is 57.9 Å². The van der Waals surface area contributed by atoms with E-state index in [0.29, 0.717) is 0 Å². The van der Waals surface area contributed by atoms with E-state index in [4.69, 9.17) is 10.2 Å². The van der Waals surface area contributed by atoms with E-state index in [1.807, 2.05) is 0 Å². The molecule has 4 atom stereocenters. The number of cyclic esters (lactones) is 3. The van der Waals surface area contributed by atoms with E-state index >= 15 is 0 Å². The van der Waals surface area contributed by atoms with Crippen LogP contribution in [0.4, 0.5) is 0 Å². The number of hydrogen-bond acceptors (Lipinski definition) is 11. The van der Waals surface area contributed by atoms with Gasteiger partial charge < -0.3 is 29.2 Å². The molecule has 26 heavy (non-hydrogen) atoms. The van der Waals surface area contributed by atoms with E-state index in [2.05, 4.69) is 18.9 Å². The van der Waals surface area contributed by atoms with E-state index in [-0.39, 0.29) is 12.8 Å². The molecule has 3 aliphatic rings. The number of hydrogen-bond donors (Lipinski definition) is 2. The molecule has 144 valence electrons. The topological polar surface area (TPSA) is 180 Å². The summed E-state index contributed by atoms with van der Waals surface area (Å²) in [4.78, 5) is 64.1. The van der Waals surface area contributed by atoms with Crippen molar-refractivity contribution in [3.8, 4) is 0 Å².